The van der Waals surface area contributed by atoms with E-state index in [0.717, 1.165) is 21.7 Å². The number of nitrogens with zero attached hydrogens (tertiary/aromatic N) is 2. The van der Waals surface area contributed by atoms with Crippen molar-refractivity contribution in [2.45, 2.75) is 0 Å². The van der Waals surface area contributed by atoms with Crippen LogP contribution in [0.4, 0.5) is 5.69 Å². The summed E-state index contributed by atoms with van der Waals surface area (Å²) in [7, 11) is 2.99. The Morgan fingerprint density at radius 3 is 1.47 bits per heavy atom. The first-order chi connectivity index (χ1) is 16.7. The number of carbonyl (C=O) groups is 1. The van der Waals surface area contributed by atoms with Crippen molar-refractivity contribution in [1.29, 1.82) is 0 Å². The number of carbonyl (C=O) groups excluding carboxylic acids is 1. The maximum Gasteiger partial charge on any atom is 0.359 e. The average Bonchev–Trinajstić information content (AvgIpc) is 2.92. The van der Waals surface area contributed by atoms with Gasteiger partial charge in [-0.2, -0.15) is 5.11 Å². The summed E-state index contributed by atoms with van der Waals surface area (Å²) in [5.41, 5.74) is 0.879. The van der Waals surface area contributed by atoms with E-state index in [1.807, 2.05) is 91.0 Å². The number of ether oxygens (including phenoxy) is 2. The molecule has 0 saturated carbocycles. The van der Waals surface area contributed by atoms with Gasteiger partial charge in [-0.15, -0.1) is 5.11 Å². The third-order valence-corrected chi connectivity index (χ3v) is 9.57. The van der Waals surface area contributed by atoms with Crippen molar-refractivity contribution in [2.24, 2.45) is 10.2 Å². The molecule has 4 rings (SSSR count). The fourth-order valence-electron chi connectivity index (χ4n) is 3.86. The third kappa shape index (κ3) is 4.57. The smallest absolute Gasteiger partial charge is 0.359 e. The highest BCUT2D eigenvalue weighted by Gasteiger charge is 2.34. The van der Waals surface area contributed by atoms with E-state index < -0.39 is 12.9 Å². The van der Waals surface area contributed by atoms with Crippen molar-refractivity contribution in [2.75, 3.05) is 14.2 Å². The first-order valence-corrected chi connectivity index (χ1v) is 12.6. The molecular formula is C28H25N2O3P. The Morgan fingerprint density at radius 2 is 1.09 bits per heavy atom. The van der Waals surface area contributed by atoms with Crippen LogP contribution < -0.4 is 20.7 Å². The molecule has 5 nitrogen and oxygen atoms in total. The Bertz CT molecular complexity index is 1220. The van der Waals surface area contributed by atoms with Gasteiger partial charge in [0.1, 0.15) is 5.75 Å². The van der Waals surface area contributed by atoms with Crippen molar-refractivity contribution in [3.63, 3.8) is 0 Å². The predicted molar refractivity (Wildman–Crippen MR) is 140 cm³/mol. The molecule has 0 fully saturated rings. The third-order valence-electron chi connectivity index (χ3n) is 5.45. The summed E-state index contributed by atoms with van der Waals surface area (Å²) in [5, 5.41) is 12.0. The molecule has 6 heteroatoms. The summed E-state index contributed by atoms with van der Waals surface area (Å²) in [5.74, 6) is 0.206. The van der Waals surface area contributed by atoms with E-state index in [1.165, 1.54) is 7.11 Å². The first-order valence-electron chi connectivity index (χ1n) is 10.8. The number of hydrogen-bond donors (Lipinski definition) is 0. The van der Waals surface area contributed by atoms with Gasteiger partial charge in [0, 0.05) is 6.89 Å². The summed E-state index contributed by atoms with van der Waals surface area (Å²) in [4.78, 5) is 13.4. The zero-order chi connectivity index (χ0) is 23.8. The molecule has 0 N–H and O–H groups in total. The Kier molecular flexibility index (Phi) is 7.36. The maximum absolute atomic E-state index is 13.4. The van der Waals surface area contributed by atoms with E-state index in [0.29, 0.717) is 5.69 Å². The van der Waals surface area contributed by atoms with Crippen LogP contribution in [0.2, 0.25) is 0 Å². The van der Waals surface area contributed by atoms with Crippen LogP contribution >= 0.6 is 6.89 Å². The number of esters is 1. The van der Waals surface area contributed by atoms with Gasteiger partial charge in [-0.05, 0) is 40.2 Å². The predicted octanol–water partition coefficient (Wildman–Crippen LogP) is 5.08. The van der Waals surface area contributed by atoms with Gasteiger partial charge in [-0.25, -0.2) is 4.79 Å². The molecule has 0 aliphatic heterocycles. The summed E-state index contributed by atoms with van der Waals surface area (Å²) in [6, 6.07) is 37.2. The standard InChI is InChI=1S/C28H25N2O3P/c1-32-23-20-18-22(19-21-23)29-30-27(28(31)33-2)34(24-12-6-3-7-13-24,25-14-8-4-9-15-25)26-16-10-5-11-17-26/h3-21H,1-2H3. The first kappa shape index (κ1) is 23.2. The van der Waals surface area contributed by atoms with Crippen LogP contribution in [0.1, 0.15) is 0 Å². The van der Waals surface area contributed by atoms with E-state index in [-0.39, 0.29) is 5.42 Å². The van der Waals surface area contributed by atoms with Crippen LogP contribution in [0, 0.1) is 0 Å². The SMILES string of the molecule is COC(=O)C(N=Nc1ccc(OC)cc1)=P(c1ccccc1)(c1ccccc1)c1ccccc1. The average molecular weight is 468 g/mol. The van der Waals surface area contributed by atoms with Crippen molar-refractivity contribution in [1.82, 2.24) is 0 Å². The molecule has 0 aliphatic carbocycles. The minimum absolute atomic E-state index is 0.273. The second-order valence-electron chi connectivity index (χ2n) is 7.39. The minimum atomic E-state index is -2.73. The topological polar surface area (TPSA) is 60.2 Å². The van der Waals surface area contributed by atoms with E-state index in [2.05, 4.69) is 10.2 Å². The highest BCUT2D eigenvalue weighted by Crippen LogP contribution is 2.47. The van der Waals surface area contributed by atoms with E-state index in [1.54, 1.807) is 31.4 Å². The fraction of sp³-hybridized carbons (Fsp3) is 0.0714. The molecule has 0 radical (unpaired) electrons. The summed E-state index contributed by atoms with van der Waals surface area (Å²) < 4.78 is 10.5. The van der Waals surface area contributed by atoms with Crippen LogP contribution in [-0.4, -0.2) is 25.6 Å². The number of rotatable bonds is 7. The van der Waals surface area contributed by atoms with Crippen LogP contribution in [0.25, 0.3) is 0 Å². The van der Waals surface area contributed by atoms with Crippen LogP contribution in [0.5, 0.6) is 5.75 Å². The molecule has 4 aromatic rings. The molecule has 0 saturated heterocycles. The van der Waals surface area contributed by atoms with Crippen LogP contribution in [-0.2, 0) is 9.53 Å². The lowest BCUT2D eigenvalue weighted by atomic mass is 10.3. The van der Waals surface area contributed by atoms with Gasteiger partial charge < -0.3 is 9.47 Å². The zero-order valence-electron chi connectivity index (χ0n) is 19.0. The molecule has 0 amide bonds. The number of hydrogen-bond acceptors (Lipinski definition) is 4. The molecule has 0 atom stereocenters. The molecule has 34 heavy (non-hydrogen) atoms. The van der Waals surface area contributed by atoms with Crippen LogP contribution in [0.3, 0.4) is 0 Å². The monoisotopic (exact) mass is 468 g/mol. The number of azo groups is 1. The van der Waals surface area contributed by atoms with Crippen molar-refractivity contribution < 1.29 is 14.3 Å². The lowest BCUT2D eigenvalue weighted by Gasteiger charge is -2.29. The van der Waals surface area contributed by atoms with Crippen molar-refractivity contribution in [3.8, 4) is 5.75 Å². The quantitative estimate of drug-likeness (QED) is 0.216. The summed E-state index contributed by atoms with van der Waals surface area (Å²) in [6.45, 7) is -2.73. The lowest BCUT2D eigenvalue weighted by Crippen LogP contribution is -2.33. The molecule has 170 valence electrons. The zero-order valence-corrected chi connectivity index (χ0v) is 19.9. The van der Waals surface area contributed by atoms with Gasteiger partial charge in [0.05, 0.1) is 19.9 Å². The Balaban J connectivity index is 2.12. The van der Waals surface area contributed by atoms with Gasteiger partial charge >= 0.3 is 5.97 Å². The molecular weight excluding hydrogens is 443 g/mol. The minimum Gasteiger partial charge on any atom is -0.497 e. The van der Waals surface area contributed by atoms with Crippen molar-refractivity contribution >= 4 is 39.9 Å². The molecule has 4 aromatic carbocycles. The summed E-state index contributed by atoms with van der Waals surface area (Å²) >= 11 is 0. The lowest BCUT2D eigenvalue weighted by molar-refractivity contribution is -0.132. The molecule has 0 aliphatic rings. The van der Waals surface area contributed by atoms with Gasteiger partial charge in [-0.1, -0.05) is 91.0 Å². The van der Waals surface area contributed by atoms with Gasteiger partial charge in [0.15, 0.2) is 5.42 Å². The number of methoxy groups -OCH3 is 2. The van der Waals surface area contributed by atoms with Crippen molar-refractivity contribution in [3.05, 3.63) is 115 Å². The molecule has 0 bridgehead atoms. The Labute approximate surface area is 199 Å². The van der Waals surface area contributed by atoms with E-state index >= 15 is 0 Å². The van der Waals surface area contributed by atoms with Gasteiger partial charge in [0.25, 0.3) is 0 Å². The molecule has 0 heterocycles. The van der Waals surface area contributed by atoms with Gasteiger partial charge in [-0.3, -0.25) is 0 Å². The van der Waals surface area contributed by atoms with Crippen LogP contribution in [0.15, 0.2) is 125 Å². The largest absolute Gasteiger partial charge is 0.497 e. The second-order valence-corrected chi connectivity index (χ2v) is 10.7. The summed E-state index contributed by atoms with van der Waals surface area (Å²) in [6.07, 6.45) is 0. The Hall–Kier alpha value is -3.95. The molecule has 0 spiro atoms. The highest BCUT2D eigenvalue weighted by molar-refractivity contribution is 7.96. The maximum atomic E-state index is 13.4. The molecule has 0 aromatic heterocycles. The number of benzene rings is 4. The van der Waals surface area contributed by atoms with E-state index in [4.69, 9.17) is 9.47 Å². The normalized spacial score (nSPS) is 11.2. The highest BCUT2D eigenvalue weighted by atomic mass is 31.2. The van der Waals surface area contributed by atoms with Gasteiger partial charge in [0.2, 0.25) is 0 Å². The molecule has 0 unspecified atom stereocenters. The second kappa shape index (κ2) is 10.8. The fourth-order valence-corrected chi connectivity index (χ4v) is 7.89. The Morgan fingerprint density at radius 1 is 0.647 bits per heavy atom. The van der Waals surface area contributed by atoms with E-state index in [9.17, 15) is 4.79 Å².